The number of phenolic OH excluding ortho intramolecular Hbond substituents is 1. The molecule has 1 saturated heterocycles. The third kappa shape index (κ3) is 3.60. The van der Waals surface area contributed by atoms with Crippen LogP contribution >= 0.6 is 0 Å². The summed E-state index contributed by atoms with van der Waals surface area (Å²) >= 11 is 0. The van der Waals surface area contributed by atoms with Crippen molar-refractivity contribution < 1.29 is 9.90 Å². The number of nitrogens with zero attached hydrogens (tertiary/aromatic N) is 4. The van der Waals surface area contributed by atoms with Crippen molar-refractivity contribution in [2.45, 2.75) is 38.6 Å². The predicted molar refractivity (Wildman–Crippen MR) is 93.5 cm³/mol. The first-order valence-electron chi connectivity index (χ1n) is 8.69. The highest BCUT2D eigenvalue weighted by atomic mass is 16.3. The molecule has 0 spiro atoms. The van der Waals surface area contributed by atoms with Crippen molar-refractivity contribution in [2.75, 3.05) is 13.1 Å². The largest absolute Gasteiger partial charge is 0.508 e. The van der Waals surface area contributed by atoms with Gasteiger partial charge in [0, 0.05) is 32.6 Å². The molecule has 7 heteroatoms. The highest BCUT2D eigenvalue weighted by Gasteiger charge is 2.28. The first kappa shape index (κ1) is 17.3. The van der Waals surface area contributed by atoms with E-state index in [-0.39, 0.29) is 23.3 Å². The summed E-state index contributed by atoms with van der Waals surface area (Å²) in [7, 11) is 1.66. The van der Waals surface area contributed by atoms with Crippen LogP contribution in [0.25, 0.3) is 0 Å². The number of phenols is 1. The molecule has 0 bridgehead atoms. The highest BCUT2D eigenvalue weighted by Crippen LogP contribution is 2.25. The summed E-state index contributed by atoms with van der Waals surface area (Å²) in [6.45, 7) is 3.84. The summed E-state index contributed by atoms with van der Waals surface area (Å²) < 4.78 is 3.06. The highest BCUT2D eigenvalue weighted by molar-refractivity contribution is 5.79. The zero-order valence-electron chi connectivity index (χ0n) is 14.7. The average molecular weight is 344 g/mol. The van der Waals surface area contributed by atoms with Gasteiger partial charge in [-0.3, -0.25) is 9.36 Å². The molecule has 3 rings (SSSR count). The summed E-state index contributed by atoms with van der Waals surface area (Å²) in [6, 6.07) is 6.72. The van der Waals surface area contributed by atoms with E-state index in [1.165, 1.54) is 4.68 Å². The molecule has 25 heavy (non-hydrogen) atoms. The molecule has 1 N–H and O–H groups in total. The lowest BCUT2D eigenvalue weighted by Crippen LogP contribution is -2.40. The molecule has 1 fully saturated rings. The molecule has 1 atom stereocenters. The first-order chi connectivity index (χ1) is 12.0. The van der Waals surface area contributed by atoms with Crippen LogP contribution in [-0.2, 0) is 24.8 Å². The van der Waals surface area contributed by atoms with Gasteiger partial charge in [-0.1, -0.05) is 12.1 Å². The van der Waals surface area contributed by atoms with Crippen LogP contribution in [0.15, 0.2) is 29.1 Å². The van der Waals surface area contributed by atoms with E-state index < -0.39 is 0 Å². The fraction of sp³-hybridized carbons (Fsp3) is 0.500. The van der Waals surface area contributed by atoms with Gasteiger partial charge in [0.15, 0.2) is 0 Å². The Morgan fingerprint density at radius 2 is 2.04 bits per heavy atom. The van der Waals surface area contributed by atoms with Crippen molar-refractivity contribution in [3.05, 3.63) is 46.1 Å². The quantitative estimate of drug-likeness (QED) is 0.905. The van der Waals surface area contributed by atoms with Gasteiger partial charge in [0.2, 0.25) is 5.91 Å². The van der Waals surface area contributed by atoms with E-state index in [0.717, 1.165) is 30.8 Å². The molecule has 1 aliphatic heterocycles. The Labute approximate surface area is 146 Å². The Bertz CT molecular complexity index is 807. The average Bonchev–Trinajstić information content (AvgIpc) is 2.91. The second-order valence-corrected chi connectivity index (χ2v) is 6.53. The Morgan fingerprint density at radius 3 is 2.72 bits per heavy atom. The monoisotopic (exact) mass is 344 g/mol. The molecule has 0 aliphatic carbocycles. The van der Waals surface area contributed by atoms with Crippen LogP contribution in [0.3, 0.4) is 0 Å². The molecule has 1 amide bonds. The van der Waals surface area contributed by atoms with Crippen LogP contribution in [0.4, 0.5) is 0 Å². The van der Waals surface area contributed by atoms with E-state index in [4.69, 9.17) is 0 Å². The number of amides is 1. The standard InChI is InChI=1S/C18H24N4O3/c1-3-22-17(19-20(2)18(22)25)14-5-4-10-21(12-14)16(24)11-13-6-8-15(23)9-7-13/h6-9,14,23H,3-5,10-12H2,1-2H3/t14-/m1/s1. The second kappa shape index (κ2) is 7.13. The van der Waals surface area contributed by atoms with Crippen molar-refractivity contribution in [2.24, 2.45) is 7.05 Å². The second-order valence-electron chi connectivity index (χ2n) is 6.53. The van der Waals surface area contributed by atoms with E-state index in [2.05, 4.69) is 5.10 Å². The van der Waals surface area contributed by atoms with E-state index in [0.29, 0.717) is 19.5 Å². The number of hydrogen-bond donors (Lipinski definition) is 1. The van der Waals surface area contributed by atoms with Gasteiger partial charge >= 0.3 is 5.69 Å². The number of aryl methyl sites for hydroxylation is 1. The van der Waals surface area contributed by atoms with Gasteiger partial charge in [-0.2, -0.15) is 5.10 Å². The van der Waals surface area contributed by atoms with E-state index >= 15 is 0 Å². The Balaban J connectivity index is 1.72. The minimum Gasteiger partial charge on any atom is -0.508 e. The molecular formula is C18H24N4O3. The number of carbonyl (C=O) groups excluding carboxylic acids is 1. The topological polar surface area (TPSA) is 80.4 Å². The van der Waals surface area contributed by atoms with Crippen LogP contribution in [0.1, 0.15) is 37.1 Å². The number of likely N-dealkylation sites (tertiary alicyclic amines) is 1. The van der Waals surface area contributed by atoms with Gasteiger partial charge in [0.05, 0.1) is 6.42 Å². The van der Waals surface area contributed by atoms with Crippen molar-refractivity contribution in [3.8, 4) is 5.75 Å². The summed E-state index contributed by atoms with van der Waals surface area (Å²) in [4.78, 5) is 26.6. The SMILES string of the molecule is CCn1c([C@@H]2CCCN(C(=O)Cc3ccc(O)cc3)C2)nn(C)c1=O. The van der Waals surface area contributed by atoms with Crippen LogP contribution in [0.5, 0.6) is 5.75 Å². The molecule has 134 valence electrons. The first-order valence-corrected chi connectivity index (χ1v) is 8.69. The summed E-state index contributed by atoms with van der Waals surface area (Å²) in [5.41, 5.74) is 0.776. The number of benzene rings is 1. The molecular weight excluding hydrogens is 320 g/mol. The lowest BCUT2D eigenvalue weighted by atomic mass is 9.96. The number of aromatic nitrogens is 3. The molecule has 7 nitrogen and oxygen atoms in total. The zero-order chi connectivity index (χ0) is 18.0. The zero-order valence-corrected chi connectivity index (χ0v) is 14.7. The van der Waals surface area contributed by atoms with E-state index in [1.54, 1.807) is 35.9 Å². The molecule has 1 aromatic heterocycles. The maximum atomic E-state index is 12.6. The molecule has 2 aromatic rings. The van der Waals surface area contributed by atoms with Crippen molar-refractivity contribution in [1.29, 1.82) is 0 Å². The summed E-state index contributed by atoms with van der Waals surface area (Å²) in [5.74, 6) is 1.13. The molecule has 0 radical (unpaired) electrons. The molecule has 1 aromatic carbocycles. The van der Waals surface area contributed by atoms with Gasteiger partial charge in [-0.25, -0.2) is 9.48 Å². The Hall–Kier alpha value is -2.57. The fourth-order valence-corrected chi connectivity index (χ4v) is 3.44. The van der Waals surface area contributed by atoms with Crippen LogP contribution in [0, 0.1) is 0 Å². The van der Waals surface area contributed by atoms with Gasteiger partial charge in [0.25, 0.3) is 0 Å². The minimum absolute atomic E-state index is 0.0664. The van der Waals surface area contributed by atoms with Crippen LogP contribution in [0.2, 0.25) is 0 Å². The lowest BCUT2D eigenvalue weighted by Gasteiger charge is -2.32. The summed E-state index contributed by atoms with van der Waals surface area (Å²) in [6.07, 6.45) is 2.15. The third-order valence-corrected chi connectivity index (χ3v) is 4.78. The molecule has 0 saturated carbocycles. The van der Waals surface area contributed by atoms with Crippen molar-refractivity contribution in [1.82, 2.24) is 19.2 Å². The number of hydrogen-bond acceptors (Lipinski definition) is 4. The number of aromatic hydroxyl groups is 1. The predicted octanol–water partition coefficient (Wildman–Crippen LogP) is 1.26. The van der Waals surface area contributed by atoms with Crippen LogP contribution < -0.4 is 5.69 Å². The Kier molecular flexibility index (Phi) is 4.92. The number of rotatable bonds is 4. The van der Waals surface area contributed by atoms with Crippen molar-refractivity contribution >= 4 is 5.91 Å². The maximum Gasteiger partial charge on any atom is 0.345 e. The smallest absolute Gasteiger partial charge is 0.345 e. The number of carbonyl (C=O) groups is 1. The fourth-order valence-electron chi connectivity index (χ4n) is 3.44. The lowest BCUT2D eigenvalue weighted by molar-refractivity contribution is -0.131. The van der Waals surface area contributed by atoms with Gasteiger partial charge < -0.3 is 10.0 Å². The molecule has 1 aliphatic rings. The van der Waals surface area contributed by atoms with Crippen molar-refractivity contribution in [3.63, 3.8) is 0 Å². The van der Waals surface area contributed by atoms with E-state index in [1.807, 2.05) is 11.8 Å². The summed E-state index contributed by atoms with van der Waals surface area (Å²) in [5, 5.41) is 13.7. The Morgan fingerprint density at radius 1 is 1.32 bits per heavy atom. The normalized spacial score (nSPS) is 17.7. The molecule has 0 unspecified atom stereocenters. The van der Waals surface area contributed by atoms with Gasteiger partial charge in [-0.05, 0) is 37.5 Å². The van der Waals surface area contributed by atoms with E-state index in [9.17, 15) is 14.7 Å². The van der Waals surface area contributed by atoms with Gasteiger partial charge in [-0.15, -0.1) is 0 Å². The third-order valence-electron chi connectivity index (χ3n) is 4.78. The minimum atomic E-state index is -0.106. The number of piperidine rings is 1. The van der Waals surface area contributed by atoms with Crippen LogP contribution in [-0.4, -0.2) is 43.4 Å². The molecule has 2 heterocycles. The maximum absolute atomic E-state index is 12.6. The van der Waals surface area contributed by atoms with Gasteiger partial charge in [0.1, 0.15) is 11.6 Å².